The molecule has 0 spiro atoms. The minimum Gasteiger partial charge on any atom is -0.456 e. The lowest BCUT2D eigenvalue weighted by Gasteiger charge is -2.23. The van der Waals surface area contributed by atoms with Crippen molar-refractivity contribution in [1.82, 2.24) is 0 Å². The van der Waals surface area contributed by atoms with Crippen LogP contribution in [-0.2, 0) is 9.53 Å². The summed E-state index contributed by atoms with van der Waals surface area (Å²) in [4.78, 5) is 12.2. The highest BCUT2D eigenvalue weighted by molar-refractivity contribution is 9.09. The maximum Gasteiger partial charge on any atom is 0.309 e. The first kappa shape index (κ1) is 14.9. The molecule has 0 bridgehead atoms. The van der Waals surface area contributed by atoms with Crippen LogP contribution in [0.4, 0.5) is 0 Å². The Bertz CT molecular complexity index is 430. The van der Waals surface area contributed by atoms with Crippen LogP contribution < -0.4 is 0 Å². The smallest absolute Gasteiger partial charge is 0.309 e. The van der Waals surface area contributed by atoms with E-state index in [-0.39, 0.29) is 18.0 Å². The molecule has 0 aliphatic heterocycles. The van der Waals surface area contributed by atoms with Crippen molar-refractivity contribution in [3.05, 3.63) is 34.9 Å². The molecule has 1 saturated carbocycles. The molecule has 104 valence electrons. The number of ether oxygens (including phenoxy) is 1. The van der Waals surface area contributed by atoms with Gasteiger partial charge in [-0.25, -0.2) is 0 Å². The largest absolute Gasteiger partial charge is 0.456 e. The Labute approximate surface area is 127 Å². The topological polar surface area (TPSA) is 26.3 Å². The number of hydrogen-bond donors (Lipinski definition) is 0. The van der Waals surface area contributed by atoms with Gasteiger partial charge in [-0.3, -0.25) is 4.79 Å². The van der Waals surface area contributed by atoms with Crippen LogP contribution in [0.25, 0.3) is 0 Å². The van der Waals surface area contributed by atoms with Crippen LogP contribution in [-0.4, -0.2) is 11.3 Å². The van der Waals surface area contributed by atoms with Gasteiger partial charge in [0, 0.05) is 15.9 Å². The van der Waals surface area contributed by atoms with E-state index < -0.39 is 0 Å². The van der Waals surface area contributed by atoms with E-state index in [0.29, 0.717) is 10.4 Å². The molecule has 0 radical (unpaired) electrons. The third-order valence-electron chi connectivity index (χ3n) is 3.59. The van der Waals surface area contributed by atoms with Gasteiger partial charge in [-0.15, -0.1) is 0 Å². The first-order valence-corrected chi connectivity index (χ1v) is 8.23. The van der Waals surface area contributed by atoms with Gasteiger partial charge in [-0.2, -0.15) is 0 Å². The van der Waals surface area contributed by atoms with E-state index in [1.165, 1.54) is 6.42 Å². The number of carbonyl (C=O) groups excluding carboxylic acids is 1. The van der Waals surface area contributed by atoms with E-state index >= 15 is 0 Å². The zero-order valence-electron chi connectivity index (χ0n) is 10.8. The van der Waals surface area contributed by atoms with E-state index in [2.05, 4.69) is 15.9 Å². The lowest BCUT2D eigenvalue weighted by molar-refractivity contribution is -0.154. The Morgan fingerprint density at radius 2 is 2.00 bits per heavy atom. The van der Waals surface area contributed by atoms with Gasteiger partial charge in [0.25, 0.3) is 0 Å². The predicted molar refractivity (Wildman–Crippen MR) is 80.7 cm³/mol. The summed E-state index contributed by atoms with van der Waals surface area (Å²) in [7, 11) is 0. The molecule has 1 aromatic rings. The second kappa shape index (κ2) is 7.30. The molecular weight excluding hydrogens is 328 g/mol. The van der Waals surface area contributed by atoms with Crippen molar-refractivity contribution in [3.63, 3.8) is 0 Å². The van der Waals surface area contributed by atoms with Gasteiger partial charge in [-0.05, 0) is 18.9 Å². The highest BCUT2D eigenvalue weighted by Crippen LogP contribution is 2.30. The van der Waals surface area contributed by atoms with E-state index in [9.17, 15) is 4.79 Å². The summed E-state index contributed by atoms with van der Waals surface area (Å²) >= 11 is 9.56. The van der Waals surface area contributed by atoms with Gasteiger partial charge >= 0.3 is 5.97 Å². The first-order chi connectivity index (χ1) is 9.22. The standard InChI is InChI=1S/C15H18BrClO2/c16-10-14(12-8-4-5-9-13(12)17)19-15(18)11-6-2-1-3-7-11/h4-5,8-9,11,14H,1-3,6-7,10H2/t14-/m1/s1. The summed E-state index contributed by atoms with van der Waals surface area (Å²) in [6.45, 7) is 0. The Hall–Kier alpha value is -0.540. The van der Waals surface area contributed by atoms with Crippen LogP contribution in [0.1, 0.15) is 43.8 Å². The van der Waals surface area contributed by atoms with Crippen molar-refractivity contribution in [2.24, 2.45) is 5.92 Å². The number of hydrogen-bond acceptors (Lipinski definition) is 2. The van der Waals surface area contributed by atoms with Gasteiger partial charge in [0.2, 0.25) is 0 Å². The molecule has 0 aromatic heterocycles. The van der Waals surface area contributed by atoms with Gasteiger partial charge in [0.05, 0.1) is 5.92 Å². The zero-order valence-corrected chi connectivity index (χ0v) is 13.1. The molecule has 1 fully saturated rings. The number of alkyl halides is 1. The number of esters is 1. The molecule has 2 rings (SSSR count). The Kier molecular flexibility index (Phi) is 5.71. The number of carbonyl (C=O) groups is 1. The number of benzene rings is 1. The zero-order chi connectivity index (χ0) is 13.7. The average Bonchev–Trinajstić information content (AvgIpc) is 2.46. The molecule has 19 heavy (non-hydrogen) atoms. The molecule has 0 unspecified atom stereocenters. The van der Waals surface area contributed by atoms with Gasteiger partial charge < -0.3 is 4.74 Å². The van der Waals surface area contributed by atoms with E-state index in [1.807, 2.05) is 24.3 Å². The van der Waals surface area contributed by atoms with Crippen molar-refractivity contribution in [2.75, 3.05) is 5.33 Å². The third kappa shape index (κ3) is 3.96. The maximum absolute atomic E-state index is 12.2. The van der Waals surface area contributed by atoms with Gasteiger partial charge in [0.1, 0.15) is 6.10 Å². The first-order valence-electron chi connectivity index (χ1n) is 6.73. The second-order valence-corrected chi connectivity index (χ2v) is 5.99. The molecule has 0 saturated heterocycles. The van der Waals surface area contributed by atoms with Crippen LogP contribution in [0, 0.1) is 5.92 Å². The number of halogens is 2. The fourth-order valence-electron chi connectivity index (χ4n) is 2.49. The predicted octanol–water partition coefficient (Wildman–Crippen LogP) is 4.90. The monoisotopic (exact) mass is 344 g/mol. The van der Waals surface area contributed by atoms with Crippen LogP contribution in [0.3, 0.4) is 0 Å². The SMILES string of the molecule is O=C(O[C@H](CBr)c1ccccc1Cl)C1CCCCC1. The van der Waals surface area contributed by atoms with Crippen LogP contribution in [0.15, 0.2) is 24.3 Å². The Morgan fingerprint density at radius 3 is 2.63 bits per heavy atom. The molecule has 0 N–H and O–H groups in total. The lowest BCUT2D eigenvalue weighted by atomic mass is 9.89. The minimum absolute atomic E-state index is 0.0674. The molecular formula is C15H18BrClO2. The van der Waals surface area contributed by atoms with Crippen molar-refractivity contribution < 1.29 is 9.53 Å². The van der Waals surface area contributed by atoms with Crippen molar-refractivity contribution in [3.8, 4) is 0 Å². The Morgan fingerprint density at radius 1 is 1.32 bits per heavy atom. The average molecular weight is 346 g/mol. The molecule has 0 amide bonds. The van der Waals surface area contributed by atoms with Crippen LogP contribution in [0.5, 0.6) is 0 Å². The van der Waals surface area contributed by atoms with E-state index in [0.717, 1.165) is 31.2 Å². The van der Waals surface area contributed by atoms with Crippen LogP contribution in [0.2, 0.25) is 5.02 Å². The molecule has 1 aliphatic rings. The molecule has 1 aliphatic carbocycles. The van der Waals surface area contributed by atoms with Crippen molar-refractivity contribution in [2.45, 2.75) is 38.2 Å². The molecule has 1 atom stereocenters. The van der Waals surface area contributed by atoms with Gasteiger partial charge in [0.15, 0.2) is 0 Å². The molecule has 1 aromatic carbocycles. The highest BCUT2D eigenvalue weighted by atomic mass is 79.9. The summed E-state index contributed by atoms with van der Waals surface area (Å²) in [5, 5.41) is 1.21. The summed E-state index contributed by atoms with van der Waals surface area (Å²) in [5.41, 5.74) is 0.866. The maximum atomic E-state index is 12.2. The normalized spacial score (nSPS) is 18.0. The summed E-state index contributed by atoms with van der Waals surface area (Å²) in [5.74, 6) is -0.0122. The van der Waals surface area contributed by atoms with Gasteiger partial charge in [-0.1, -0.05) is 65.0 Å². The van der Waals surface area contributed by atoms with Crippen molar-refractivity contribution >= 4 is 33.5 Å². The lowest BCUT2D eigenvalue weighted by Crippen LogP contribution is -2.23. The fraction of sp³-hybridized carbons (Fsp3) is 0.533. The number of rotatable bonds is 4. The van der Waals surface area contributed by atoms with Crippen molar-refractivity contribution in [1.29, 1.82) is 0 Å². The highest BCUT2D eigenvalue weighted by Gasteiger charge is 2.26. The summed E-state index contributed by atoms with van der Waals surface area (Å²) in [6, 6.07) is 7.51. The fourth-order valence-corrected chi connectivity index (χ4v) is 3.23. The second-order valence-electron chi connectivity index (χ2n) is 4.94. The molecule has 2 nitrogen and oxygen atoms in total. The summed E-state index contributed by atoms with van der Waals surface area (Å²) < 4.78 is 5.64. The summed E-state index contributed by atoms with van der Waals surface area (Å²) in [6.07, 6.45) is 5.10. The minimum atomic E-state index is -0.303. The van der Waals surface area contributed by atoms with E-state index in [4.69, 9.17) is 16.3 Å². The third-order valence-corrected chi connectivity index (χ3v) is 4.52. The van der Waals surface area contributed by atoms with E-state index in [1.54, 1.807) is 0 Å². The quantitative estimate of drug-likeness (QED) is 0.573. The molecule has 0 heterocycles. The molecule has 4 heteroatoms. The Balaban J connectivity index is 2.02. The van der Waals surface area contributed by atoms with Crippen LogP contribution >= 0.6 is 27.5 Å².